The zero-order chi connectivity index (χ0) is 35.5. The third-order valence-electron chi connectivity index (χ3n) is 10.9. The van der Waals surface area contributed by atoms with E-state index in [-0.39, 0.29) is 0 Å². The van der Waals surface area contributed by atoms with E-state index in [0.717, 1.165) is 11.5 Å². The molecule has 12 bridgehead atoms. The van der Waals surface area contributed by atoms with E-state index >= 15 is 0 Å². The number of hydrogen-bond donors (Lipinski definition) is 0. The molecular weight excluding hydrogens is 641 g/mol. The molecule has 250 valence electrons. The number of para-hydroxylation sites is 3. The Balaban J connectivity index is 1.37. The van der Waals surface area contributed by atoms with Crippen LogP contribution in [-0.2, 0) is 0 Å². The van der Waals surface area contributed by atoms with Crippen molar-refractivity contribution in [1.29, 1.82) is 0 Å². The van der Waals surface area contributed by atoms with Gasteiger partial charge in [-0.2, -0.15) is 9.13 Å². The van der Waals surface area contributed by atoms with Gasteiger partial charge in [-0.25, -0.2) is 0 Å². The highest BCUT2D eigenvalue weighted by atomic mass is 15.2. The first-order valence-corrected chi connectivity index (χ1v) is 18.3. The first-order chi connectivity index (χ1) is 26.1. The van der Waals surface area contributed by atoms with Gasteiger partial charge in [0.1, 0.15) is 11.4 Å². The summed E-state index contributed by atoms with van der Waals surface area (Å²) >= 11 is 0. The van der Waals surface area contributed by atoms with Gasteiger partial charge in [-0.1, -0.05) is 121 Å². The van der Waals surface area contributed by atoms with Crippen LogP contribution in [0.1, 0.15) is 11.4 Å². The van der Waals surface area contributed by atoms with Gasteiger partial charge < -0.3 is 0 Å². The molecule has 0 atom stereocenters. The fourth-order valence-corrected chi connectivity index (χ4v) is 8.20. The molecule has 0 aliphatic heterocycles. The summed E-state index contributed by atoms with van der Waals surface area (Å²) in [6.45, 7) is 4.43. The van der Waals surface area contributed by atoms with Crippen molar-refractivity contribution in [2.45, 2.75) is 13.8 Å². The topological polar surface area (TPSA) is 8.81 Å². The van der Waals surface area contributed by atoms with Gasteiger partial charge >= 0.3 is 0 Å². The Labute approximate surface area is 308 Å². The minimum absolute atomic E-state index is 1.13. The normalized spacial score (nSPS) is 11.6. The average molecular weight is 678 g/mol. The third kappa shape index (κ3) is 5.39. The highest BCUT2D eigenvalue weighted by Crippen LogP contribution is 2.29. The Hall–Kier alpha value is -6.77. The Bertz CT molecular complexity index is 3060. The summed E-state index contributed by atoms with van der Waals surface area (Å²) in [6, 6.07) is 69.3. The summed E-state index contributed by atoms with van der Waals surface area (Å²) in [5, 5.41) is 14.4. The SMILES string of the molecule is Cc1ccccc1-n1c(C)[n+](-c2cc3cc(c2)c2cccc(c2)c2cccc(c2)c2cccc(c2)c2cccc(c2)c2cccc3c2)c2ccccc21. The maximum absolute atomic E-state index is 2.43. The van der Waals surface area contributed by atoms with Gasteiger partial charge in [0.15, 0.2) is 11.0 Å². The molecule has 1 heterocycles. The van der Waals surface area contributed by atoms with Crippen molar-refractivity contribution < 1.29 is 4.57 Å². The van der Waals surface area contributed by atoms with Crippen LogP contribution in [0.4, 0.5) is 0 Å². The molecule has 1 aromatic heterocycles. The van der Waals surface area contributed by atoms with Crippen LogP contribution in [0.25, 0.3) is 87.0 Å². The van der Waals surface area contributed by atoms with Gasteiger partial charge in [-0.05, 0) is 144 Å². The van der Waals surface area contributed by atoms with E-state index < -0.39 is 0 Å². The zero-order valence-corrected chi connectivity index (χ0v) is 29.8. The summed E-state index contributed by atoms with van der Waals surface area (Å²) in [6.07, 6.45) is 0. The second-order valence-electron chi connectivity index (χ2n) is 14.2. The molecule has 0 saturated carbocycles. The zero-order valence-electron chi connectivity index (χ0n) is 29.8. The lowest BCUT2D eigenvalue weighted by Crippen LogP contribution is -2.33. The Morgan fingerprint density at radius 1 is 0.340 bits per heavy atom. The van der Waals surface area contributed by atoms with Crippen molar-refractivity contribution in [2.75, 3.05) is 0 Å². The fraction of sp³-hybridized carbons (Fsp3) is 0.0392. The van der Waals surface area contributed by atoms with Gasteiger partial charge in [-0.15, -0.1) is 0 Å². The smallest absolute Gasteiger partial charge is 0.192 e. The molecule has 9 aromatic carbocycles. The number of hydrogen-bond acceptors (Lipinski definition) is 0. The summed E-state index contributed by atoms with van der Waals surface area (Å²) in [7, 11) is 0. The van der Waals surface area contributed by atoms with Crippen molar-refractivity contribution in [1.82, 2.24) is 4.57 Å². The quantitative estimate of drug-likeness (QED) is 0.161. The van der Waals surface area contributed by atoms with E-state index in [1.165, 1.54) is 86.9 Å². The van der Waals surface area contributed by atoms with Crippen molar-refractivity contribution >= 4 is 75.7 Å². The standard InChI is InChI=1S/C51H37N2/c1-34-12-3-4-23-49(34)53-35(2)52(50-24-5-6-25-51(50)53)48-32-46-31-47(33-48)45-22-11-20-43(30-45)41-18-9-16-39(28-41)37-14-7-13-36(26-37)38-15-8-17-40(27-38)42-19-10-21-44(46)29-42/h3-33H,1-2H3/q+1. The summed E-state index contributed by atoms with van der Waals surface area (Å²) in [5.74, 6) is 1.15. The van der Waals surface area contributed by atoms with Crippen LogP contribution in [0.15, 0.2) is 188 Å². The van der Waals surface area contributed by atoms with E-state index in [9.17, 15) is 0 Å². The lowest BCUT2D eigenvalue weighted by Gasteiger charge is -2.06. The van der Waals surface area contributed by atoms with Crippen LogP contribution < -0.4 is 4.57 Å². The van der Waals surface area contributed by atoms with Crippen LogP contribution >= 0.6 is 0 Å². The summed E-state index contributed by atoms with van der Waals surface area (Å²) in [4.78, 5) is 0. The van der Waals surface area contributed by atoms with Gasteiger partial charge in [0.2, 0.25) is 0 Å². The first kappa shape index (κ1) is 31.0. The number of nitrogens with zero attached hydrogens (tertiary/aromatic N) is 2. The summed E-state index contributed by atoms with van der Waals surface area (Å²) in [5.41, 5.74) is 5.92. The molecule has 10 aromatic rings. The molecule has 2 nitrogen and oxygen atoms in total. The summed E-state index contributed by atoms with van der Waals surface area (Å²) < 4.78 is 4.83. The highest BCUT2D eigenvalue weighted by molar-refractivity contribution is 6.02. The van der Waals surface area contributed by atoms with E-state index in [1.807, 2.05) is 0 Å². The number of rotatable bonds is 2. The highest BCUT2D eigenvalue weighted by Gasteiger charge is 2.25. The Morgan fingerprint density at radius 2 is 0.698 bits per heavy atom. The maximum atomic E-state index is 2.43. The maximum Gasteiger partial charge on any atom is 0.264 e. The fourth-order valence-electron chi connectivity index (χ4n) is 8.20. The molecule has 10 rings (SSSR count). The molecule has 0 fully saturated rings. The monoisotopic (exact) mass is 677 g/mol. The Morgan fingerprint density at radius 3 is 1.13 bits per heavy atom. The molecule has 0 spiro atoms. The third-order valence-corrected chi connectivity index (χ3v) is 10.9. The predicted molar refractivity (Wildman–Crippen MR) is 226 cm³/mol. The minimum Gasteiger partial charge on any atom is -0.192 e. The van der Waals surface area contributed by atoms with Crippen molar-refractivity contribution in [3.63, 3.8) is 0 Å². The minimum atomic E-state index is 1.13. The lowest BCUT2D eigenvalue weighted by molar-refractivity contribution is -0.575. The van der Waals surface area contributed by atoms with Crippen LogP contribution in [0.5, 0.6) is 0 Å². The molecule has 53 heavy (non-hydrogen) atoms. The molecule has 0 N–H and O–H groups in total. The molecular formula is C51H37N2+. The van der Waals surface area contributed by atoms with Gasteiger partial charge in [0.05, 0.1) is 0 Å². The molecule has 0 aliphatic carbocycles. The lowest BCUT2D eigenvalue weighted by atomic mass is 10.0. The van der Waals surface area contributed by atoms with Crippen molar-refractivity contribution in [3.05, 3.63) is 199 Å². The first-order valence-electron chi connectivity index (χ1n) is 18.3. The second kappa shape index (κ2) is 12.5. The van der Waals surface area contributed by atoms with Gasteiger partial charge in [0, 0.05) is 6.92 Å². The molecule has 0 saturated heterocycles. The van der Waals surface area contributed by atoms with Crippen molar-refractivity contribution in [2.24, 2.45) is 0 Å². The molecule has 2 heteroatoms. The number of benzene rings is 8. The van der Waals surface area contributed by atoms with E-state index in [2.05, 4.69) is 211 Å². The van der Waals surface area contributed by atoms with Crippen LogP contribution in [0.2, 0.25) is 0 Å². The number of aromatic nitrogens is 2. The van der Waals surface area contributed by atoms with E-state index in [4.69, 9.17) is 0 Å². The predicted octanol–water partition coefficient (Wildman–Crippen LogP) is 13.1. The molecule has 0 unspecified atom stereocenters. The largest absolute Gasteiger partial charge is 0.264 e. The van der Waals surface area contributed by atoms with E-state index in [1.54, 1.807) is 0 Å². The average Bonchev–Trinajstić information content (AvgIpc) is 3.52. The van der Waals surface area contributed by atoms with Crippen LogP contribution in [-0.4, -0.2) is 4.57 Å². The van der Waals surface area contributed by atoms with Gasteiger partial charge in [-0.3, -0.25) is 0 Å². The van der Waals surface area contributed by atoms with Crippen LogP contribution in [0, 0.1) is 13.8 Å². The van der Waals surface area contributed by atoms with Crippen molar-refractivity contribution in [3.8, 4) is 11.4 Å². The van der Waals surface area contributed by atoms with E-state index in [0.29, 0.717) is 0 Å². The number of aryl methyl sites for hydroxylation is 1. The number of fused-ring (bicyclic) bond motifs is 19. The number of imidazole rings is 1. The Kier molecular flexibility index (Phi) is 7.30. The molecule has 0 radical (unpaired) electrons. The second-order valence-corrected chi connectivity index (χ2v) is 14.2. The van der Waals surface area contributed by atoms with Gasteiger partial charge in [0.25, 0.3) is 5.82 Å². The molecule has 0 amide bonds. The van der Waals surface area contributed by atoms with Crippen LogP contribution in [0.3, 0.4) is 0 Å². The molecule has 0 aliphatic rings.